The zero-order valence-corrected chi connectivity index (χ0v) is 13.0. The number of ether oxygens (including phenoxy) is 1. The molecule has 5 nitrogen and oxygen atoms in total. The second kappa shape index (κ2) is 7.14. The molecule has 1 saturated carbocycles. The highest BCUT2D eigenvalue weighted by molar-refractivity contribution is 8.00. The number of amides is 1. The first-order valence-corrected chi connectivity index (χ1v) is 7.68. The Hall–Kier alpha value is -0.750. The molecule has 2 unspecified atom stereocenters. The van der Waals surface area contributed by atoms with Crippen LogP contribution in [0.1, 0.15) is 26.2 Å². The molecule has 110 valence electrons. The SMILES string of the molecule is CCOC(=O)C1(NC)CCC(SCC(=O)N(C)C)C1. The Balaban J connectivity index is 2.51. The van der Waals surface area contributed by atoms with Gasteiger partial charge in [0.15, 0.2) is 0 Å². The predicted octanol–water partition coefficient (Wildman–Crippen LogP) is 0.882. The second-order valence-corrected chi connectivity index (χ2v) is 6.31. The van der Waals surface area contributed by atoms with Crippen molar-refractivity contribution >= 4 is 23.6 Å². The summed E-state index contributed by atoms with van der Waals surface area (Å²) >= 11 is 1.63. The summed E-state index contributed by atoms with van der Waals surface area (Å²) in [7, 11) is 5.32. The minimum atomic E-state index is -0.561. The summed E-state index contributed by atoms with van der Waals surface area (Å²) < 4.78 is 5.15. The van der Waals surface area contributed by atoms with Crippen molar-refractivity contribution in [3.63, 3.8) is 0 Å². The Bertz CT molecular complexity index is 336. The molecule has 6 heteroatoms. The van der Waals surface area contributed by atoms with E-state index in [1.54, 1.807) is 37.8 Å². The Kier molecular flexibility index (Phi) is 6.13. The van der Waals surface area contributed by atoms with Crippen LogP contribution < -0.4 is 5.32 Å². The molecular formula is C13H24N2O3S. The van der Waals surface area contributed by atoms with Crippen LogP contribution >= 0.6 is 11.8 Å². The molecule has 0 heterocycles. The van der Waals surface area contributed by atoms with Crippen molar-refractivity contribution in [1.82, 2.24) is 10.2 Å². The lowest BCUT2D eigenvalue weighted by molar-refractivity contribution is -0.150. The monoisotopic (exact) mass is 288 g/mol. The van der Waals surface area contributed by atoms with E-state index in [2.05, 4.69) is 5.32 Å². The molecule has 0 aliphatic heterocycles. The van der Waals surface area contributed by atoms with Crippen molar-refractivity contribution in [3.05, 3.63) is 0 Å². The molecule has 2 atom stereocenters. The maximum atomic E-state index is 12.0. The molecule has 0 aromatic rings. The van der Waals surface area contributed by atoms with E-state index in [1.807, 2.05) is 6.92 Å². The highest BCUT2D eigenvalue weighted by Gasteiger charge is 2.45. The quantitative estimate of drug-likeness (QED) is 0.735. The van der Waals surface area contributed by atoms with E-state index in [4.69, 9.17) is 4.74 Å². The van der Waals surface area contributed by atoms with Gasteiger partial charge in [0.25, 0.3) is 0 Å². The topological polar surface area (TPSA) is 58.6 Å². The van der Waals surface area contributed by atoms with E-state index in [0.29, 0.717) is 17.6 Å². The second-order valence-electron chi connectivity index (χ2n) is 5.02. The summed E-state index contributed by atoms with van der Waals surface area (Å²) in [5, 5.41) is 3.45. The van der Waals surface area contributed by atoms with Gasteiger partial charge in [0.2, 0.25) is 5.91 Å². The smallest absolute Gasteiger partial charge is 0.326 e. The standard InChI is InChI=1S/C13H24N2O3S/c1-5-18-12(17)13(14-2)7-6-10(8-13)19-9-11(16)15(3)4/h10,14H,5-9H2,1-4H3. The Morgan fingerprint density at radius 1 is 1.47 bits per heavy atom. The lowest BCUT2D eigenvalue weighted by Gasteiger charge is -2.26. The van der Waals surface area contributed by atoms with Crippen LogP contribution in [-0.2, 0) is 14.3 Å². The molecular weight excluding hydrogens is 264 g/mol. The van der Waals surface area contributed by atoms with Crippen molar-refractivity contribution in [2.24, 2.45) is 0 Å². The first kappa shape index (κ1) is 16.3. The summed E-state index contributed by atoms with van der Waals surface area (Å²) in [6.45, 7) is 2.22. The largest absolute Gasteiger partial charge is 0.465 e. The molecule has 0 aromatic carbocycles. The molecule has 19 heavy (non-hydrogen) atoms. The Labute approximate surface area is 119 Å². The van der Waals surface area contributed by atoms with Gasteiger partial charge in [-0.05, 0) is 33.2 Å². The summed E-state index contributed by atoms with van der Waals surface area (Å²) in [5.74, 6) is 0.419. The van der Waals surface area contributed by atoms with E-state index in [0.717, 1.165) is 19.3 Å². The third-order valence-electron chi connectivity index (χ3n) is 3.56. The Morgan fingerprint density at radius 2 is 2.16 bits per heavy atom. The van der Waals surface area contributed by atoms with Gasteiger partial charge in [-0.25, -0.2) is 0 Å². The minimum Gasteiger partial charge on any atom is -0.465 e. The normalized spacial score (nSPS) is 26.2. The number of rotatable bonds is 6. The molecule has 0 bridgehead atoms. The number of nitrogens with one attached hydrogen (secondary N) is 1. The molecule has 0 aromatic heterocycles. The van der Waals surface area contributed by atoms with Gasteiger partial charge >= 0.3 is 5.97 Å². The lowest BCUT2D eigenvalue weighted by atomic mass is 9.98. The fraction of sp³-hybridized carbons (Fsp3) is 0.846. The number of carbonyl (C=O) groups is 2. The molecule has 0 spiro atoms. The zero-order valence-electron chi connectivity index (χ0n) is 12.2. The molecule has 0 radical (unpaired) electrons. The fourth-order valence-corrected chi connectivity index (χ4v) is 3.57. The molecule has 1 rings (SSSR count). The molecule has 1 fully saturated rings. The minimum absolute atomic E-state index is 0.114. The third kappa shape index (κ3) is 4.11. The predicted molar refractivity (Wildman–Crippen MR) is 77.2 cm³/mol. The number of carbonyl (C=O) groups excluding carboxylic acids is 2. The summed E-state index contributed by atoms with van der Waals surface area (Å²) in [6.07, 6.45) is 2.44. The maximum absolute atomic E-state index is 12.0. The van der Waals surface area contributed by atoms with Gasteiger partial charge in [0.05, 0.1) is 12.4 Å². The molecule has 1 aliphatic rings. The summed E-state index contributed by atoms with van der Waals surface area (Å²) in [4.78, 5) is 25.2. The number of esters is 1. The van der Waals surface area contributed by atoms with Crippen LogP contribution in [0, 0.1) is 0 Å². The van der Waals surface area contributed by atoms with Crippen molar-refractivity contribution in [1.29, 1.82) is 0 Å². The number of hydrogen-bond donors (Lipinski definition) is 1. The third-order valence-corrected chi connectivity index (χ3v) is 4.84. The Morgan fingerprint density at radius 3 is 2.68 bits per heavy atom. The van der Waals surface area contributed by atoms with Crippen LogP contribution in [-0.4, -0.2) is 61.1 Å². The molecule has 1 aliphatic carbocycles. The van der Waals surface area contributed by atoms with E-state index in [1.165, 1.54) is 0 Å². The van der Waals surface area contributed by atoms with E-state index in [9.17, 15) is 9.59 Å². The molecule has 1 amide bonds. The molecule has 1 N–H and O–H groups in total. The zero-order chi connectivity index (χ0) is 14.5. The number of likely N-dealkylation sites (N-methyl/N-ethyl adjacent to an activating group) is 1. The van der Waals surface area contributed by atoms with E-state index in [-0.39, 0.29) is 11.9 Å². The van der Waals surface area contributed by atoms with Gasteiger partial charge in [0, 0.05) is 19.3 Å². The van der Waals surface area contributed by atoms with Gasteiger partial charge in [-0.3, -0.25) is 9.59 Å². The summed E-state index contributed by atoms with van der Waals surface area (Å²) in [6, 6.07) is 0. The van der Waals surface area contributed by atoms with Gasteiger partial charge in [-0.2, -0.15) is 0 Å². The van der Waals surface area contributed by atoms with Crippen molar-refractivity contribution in [2.45, 2.75) is 37.0 Å². The van der Waals surface area contributed by atoms with Crippen LogP contribution in [0.4, 0.5) is 0 Å². The van der Waals surface area contributed by atoms with Crippen LogP contribution in [0.15, 0.2) is 0 Å². The first-order chi connectivity index (χ1) is 8.95. The van der Waals surface area contributed by atoms with Gasteiger partial charge in [-0.15, -0.1) is 11.8 Å². The molecule has 0 saturated heterocycles. The van der Waals surface area contributed by atoms with Crippen molar-refractivity contribution < 1.29 is 14.3 Å². The van der Waals surface area contributed by atoms with Gasteiger partial charge in [0.1, 0.15) is 5.54 Å². The highest BCUT2D eigenvalue weighted by Crippen LogP contribution is 2.37. The van der Waals surface area contributed by atoms with Crippen molar-refractivity contribution in [2.75, 3.05) is 33.5 Å². The average molecular weight is 288 g/mol. The van der Waals surface area contributed by atoms with Crippen LogP contribution in [0.3, 0.4) is 0 Å². The summed E-state index contributed by atoms with van der Waals surface area (Å²) in [5.41, 5.74) is -0.561. The van der Waals surface area contributed by atoms with E-state index >= 15 is 0 Å². The van der Waals surface area contributed by atoms with Crippen molar-refractivity contribution in [3.8, 4) is 0 Å². The highest BCUT2D eigenvalue weighted by atomic mass is 32.2. The first-order valence-electron chi connectivity index (χ1n) is 6.63. The maximum Gasteiger partial charge on any atom is 0.326 e. The fourth-order valence-electron chi connectivity index (χ4n) is 2.24. The van der Waals surface area contributed by atoms with Crippen LogP contribution in [0.25, 0.3) is 0 Å². The number of hydrogen-bond acceptors (Lipinski definition) is 5. The number of thioether (sulfide) groups is 1. The number of nitrogens with zero attached hydrogens (tertiary/aromatic N) is 1. The van der Waals surface area contributed by atoms with E-state index < -0.39 is 5.54 Å². The van der Waals surface area contributed by atoms with Gasteiger partial charge in [-0.1, -0.05) is 0 Å². The van der Waals surface area contributed by atoms with Crippen LogP contribution in [0.2, 0.25) is 0 Å². The average Bonchev–Trinajstić information content (AvgIpc) is 2.81. The van der Waals surface area contributed by atoms with Crippen LogP contribution in [0.5, 0.6) is 0 Å². The van der Waals surface area contributed by atoms with Gasteiger partial charge < -0.3 is 15.0 Å². The lowest BCUT2D eigenvalue weighted by Crippen LogP contribution is -2.49.